The Labute approximate surface area is 103 Å². The molecule has 1 unspecified atom stereocenters. The molecular formula is C11H14BrN3O. The third kappa shape index (κ3) is 2.20. The van der Waals surface area contributed by atoms with Crippen molar-refractivity contribution in [1.29, 1.82) is 0 Å². The molecule has 4 nitrogen and oxygen atoms in total. The number of hydrogen-bond acceptors (Lipinski definition) is 3. The van der Waals surface area contributed by atoms with Crippen LogP contribution in [0.1, 0.15) is 24.2 Å². The molecule has 0 radical (unpaired) electrons. The number of aromatic nitrogens is 2. The van der Waals surface area contributed by atoms with Crippen molar-refractivity contribution in [1.82, 2.24) is 15.1 Å². The number of hydrogen-bond donors (Lipinski definition) is 1. The van der Waals surface area contributed by atoms with E-state index in [-0.39, 0.29) is 6.04 Å². The summed E-state index contributed by atoms with van der Waals surface area (Å²) in [6, 6.07) is 4.03. The predicted molar refractivity (Wildman–Crippen MR) is 65.1 cm³/mol. The lowest BCUT2D eigenvalue weighted by atomic mass is 10.1. The third-order valence-electron chi connectivity index (χ3n) is 2.40. The average molecular weight is 284 g/mol. The normalized spacial score (nSPS) is 12.9. The Morgan fingerprint density at radius 2 is 2.38 bits per heavy atom. The molecule has 0 saturated carbocycles. The maximum absolute atomic E-state index is 5.26. The topological polar surface area (TPSA) is 43.0 Å². The fourth-order valence-corrected chi connectivity index (χ4v) is 2.14. The first-order valence-electron chi connectivity index (χ1n) is 5.18. The van der Waals surface area contributed by atoms with Crippen molar-refractivity contribution >= 4 is 15.9 Å². The molecule has 1 N–H and O–H groups in total. The molecule has 86 valence electrons. The Hall–Kier alpha value is -1.07. The number of rotatable bonds is 4. The summed E-state index contributed by atoms with van der Waals surface area (Å²) in [6.45, 7) is 2.95. The zero-order valence-corrected chi connectivity index (χ0v) is 10.9. The van der Waals surface area contributed by atoms with E-state index in [0.29, 0.717) is 0 Å². The van der Waals surface area contributed by atoms with Gasteiger partial charge in [0.05, 0.1) is 18.0 Å². The van der Waals surface area contributed by atoms with Gasteiger partial charge in [0.1, 0.15) is 0 Å². The lowest BCUT2D eigenvalue weighted by Crippen LogP contribution is -2.22. The van der Waals surface area contributed by atoms with Gasteiger partial charge in [0, 0.05) is 18.8 Å². The molecule has 0 aromatic carbocycles. The van der Waals surface area contributed by atoms with Crippen LogP contribution in [0.5, 0.6) is 0 Å². The molecule has 2 aromatic rings. The van der Waals surface area contributed by atoms with Gasteiger partial charge in [0.25, 0.3) is 0 Å². The van der Waals surface area contributed by atoms with Gasteiger partial charge in [-0.05, 0) is 34.6 Å². The van der Waals surface area contributed by atoms with E-state index in [2.05, 4.69) is 33.3 Å². The molecule has 2 rings (SSSR count). The first-order valence-corrected chi connectivity index (χ1v) is 5.97. The van der Waals surface area contributed by atoms with Crippen molar-refractivity contribution in [2.75, 3.05) is 6.54 Å². The Morgan fingerprint density at radius 3 is 2.88 bits per heavy atom. The highest BCUT2D eigenvalue weighted by Gasteiger charge is 2.19. The molecule has 0 aliphatic heterocycles. The van der Waals surface area contributed by atoms with Gasteiger partial charge in [-0.2, -0.15) is 5.10 Å². The van der Waals surface area contributed by atoms with Crippen molar-refractivity contribution in [2.24, 2.45) is 7.05 Å². The molecule has 1 atom stereocenters. The smallest absolute Gasteiger partial charge is 0.174 e. The van der Waals surface area contributed by atoms with E-state index in [0.717, 1.165) is 22.5 Å². The maximum atomic E-state index is 5.26. The summed E-state index contributed by atoms with van der Waals surface area (Å²) in [5.74, 6) is 0. The number of nitrogens with zero attached hydrogens (tertiary/aromatic N) is 2. The Kier molecular flexibility index (Phi) is 3.46. The molecule has 0 aliphatic rings. The van der Waals surface area contributed by atoms with Crippen molar-refractivity contribution in [3.63, 3.8) is 0 Å². The number of furan rings is 1. The predicted octanol–water partition coefficient (Wildman–Crippen LogP) is 2.47. The van der Waals surface area contributed by atoms with Crippen LogP contribution < -0.4 is 5.32 Å². The van der Waals surface area contributed by atoms with E-state index < -0.39 is 0 Å². The second-order valence-electron chi connectivity index (χ2n) is 3.55. The van der Waals surface area contributed by atoms with Crippen LogP contribution in [0.15, 0.2) is 33.7 Å². The van der Waals surface area contributed by atoms with Gasteiger partial charge in [0.2, 0.25) is 0 Å². The van der Waals surface area contributed by atoms with Gasteiger partial charge < -0.3 is 9.73 Å². The first-order chi connectivity index (χ1) is 7.72. The summed E-state index contributed by atoms with van der Waals surface area (Å²) in [5.41, 5.74) is 2.06. The summed E-state index contributed by atoms with van der Waals surface area (Å²) < 4.78 is 7.82. The fourth-order valence-electron chi connectivity index (χ4n) is 1.68. The molecular weight excluding hydrogens is 270 g/mol. The SMILES string of the molecule is CCNC(c1ccn(C)n1)c1ccoc1Br. The van der Waals surface area contributed by atoms with Crippen LogP contribution in [-0.4, -0.2) is 16.3 Å². The number of halogens is 1. The minimum atomic E-state index is 0.0688. The summed E-state index contributed by atoms with van der Waals surface area (Å²) >= 11 is 3.40. The quantitative estimate of drug-likeness (QED) is 0.938. The highest BCUT2D eigenvalue weighted by molar-refractivity contribution is 9.10. The molecule has 0 bridgehead atoms. The molecule has 5 heteroatoms. The Bertz CT molecular complexity index is 463. The highest BCUT2D eigenvalue weighted by atomic mass is 79.9. The minimum Gasteiger partial charge on any atom is -0.457 e. The van der Waals surface area contributed by atoms with Gasteiger partial charge in [-0.15, -0.1) is 0 Å². The zero-order valence-electron chi connectivity index (χ0n) is 9.27. The standard InChI is InChI=1S/C11H14BrN3O/c1-3-13-10(8-5-7-16-11(8)12)9-4-6-15(2)14-9/h4-7,10,13H,3H2,1-2H3. The van der Waals surface area contributed by atoms with Gasteiger partial charge >= 0.3 is 0 Å². The van der Waals surface area contributed by atoms with Crippen LogP contribution in [0.2, 0.25) is 0 Å². The summed E-state index contributed by atoms with van der Waals surface area (Å²) in [5, 5.41) is 7.81. The van der Waals surface area contributed by atoms with Gasteiger partial charge in [-0.1, -0.05) is 6.92 Å². The highest BCUT2D eigenvalue weighted by Crippen LogP contribution is 2.28. The Morgan fingerprint density at radius 1 is 1.56 bits per heavy atom. The van der Waals surface area contributed by atoms with Crippen LogP contribution in [0.4, 0.5) is 0 Å². The fraction of sp³-hybridized carbons (Fsp3) is 0.364. The lowest BCUT2D eigenvalue weighted by Gasteiger charge is -2.14. The minimum absolute atomic E-state index is 0.0688. The molecule has 0 fully saturated rings. The van der Waals surface area contributed by atoms with Crippen LogP contribution in [0, 0.1) is 0 Å². The molecule has 16 heavy (non-hydrogen) atoms. The maximum Gasteiger partial charge on any atom is 0.174 e. The van der Waals surface area contributed by atoms with Crippen LogP contribution in [-0.2, 0) is 7.05 Å². The molecule has 0 amide bonds. The monoisotopic (exact) mass is 283 g/mol. The van der Waals surface area contributed by atoms with Crippen LogP contribution >= 0.6 is 15.9 Å². The van der Waals surface area contributed by atoms with Crippen molar-refractivity contribution in [3.8, 4) is 0 Å². The molecule has 0 spiro atoms. The van der Waals surface area contributed by atoms with E-state index >= 15 is 0 Å². The van der Waals surface area contributed by atoms with E-state index in [1.165, 1.54) is 0 Å². The van der Waals surface area contributed by atoms with Crippen molar-refractivity contribution < 1.29 is 4.42 Å². The molecule has 2 aromatic heterocycles. The molecule has 0 saturated heterocycles. The second-order valence-corrected chi connectivity index (χ2v) is 4.27. The molecule has 0 aliphatic carbocycles. The van der Waals surface area contributed by atoms with Crippen LogP contribution in [0.3, 0.4) is 0 Å². The van der Waals surface area contributed by atoms with Crippen molar-refractivity contribution in [2.45, 2.75) is 13.0 Å². The van der Waals surface area contributed by atoms with E-state index in [9.17, 15) is 0 Å². The van der Waals surface area contributed by atoms with Gasteiger partial charge in [0.15, 0.2) is 4.67 Å². The third-order valence-corrected chi connectivity index (χ3v) is 3.04. The molecule has 2 heterocycles. The van der Waals surface area contributed by atoms with Gasteiger partial charge in [-0.25, -0.2) is 0 Å². The van der Waals surface area contributed by atoms with Crippen molar-refractivity contribution in [3.05, 3.63) is 40.5 Å². The van der Waals surface area contributed by atoms with E-state index in [1.807, 2.05) is 25.4 Å². The Balaban J connectivity index is 2.34. The zero-order chi connectivity index (χ0) is 11.5. The largest absolute Gasteiger partial charge is 0.457 e. The lowest BCUT2D eigenvalue weighted by molar-refractivity contribution is 0.523. The van der Waals surface area contributed by atoms with E-state index in [1.54, 1.807) is 10.9 Å². The first kappa shape index (κ1) is 11.4. The average Bonchev–Trinajstić information content (AvgIpc) is 2.84. The van der Waals surface area contributed by atoms with Crippen LogP contribution in [0.25, 0.3) is 0 Å². The second kappa shape index (κ2) is 4.84. The summed E-state index contributed by atoms with van der Waals surface area (Å²) in [6.07, 6.45) is 3.61. The summed E-state index contributed by atoms with van der Waals surface area (Å²) in [7, 11) is 1.91. The van der Waals surface area contributed by atoms with Gasteiger partial charge in [-0.3, -0.25) is 4.68 Å². The summed E-state index contributed by atoms with van der Waals surface area (Å²) in [4.78, 5) is 0. The van der Waals surface area contributed by atoms with E-state index in [4.69, 9.17) is 4.42 Å². The number of nitrogens with one attached hydrogen (secondary N) is 1. The number of aryl methyl sites for hydroxylation is 1.